The van der Waals surface area contributed by atoms with Gasteiger partial charge in [0.25, 0.3) is 0 Å². The molecule has 0 unspecified atom stereocenters. The molecule has 2 nitrogen and oxygen atoms in total. The van der Waals surface area contributed by atoms with Crippen molar-refractivity contribution in [2.45, 2.75) is 46.0 Å². The van der Waals surface area contributed by atoms with Crippen LogP contribution in [0.25, 0.3) is 0 Å². The first-order valence-corrected chi connectivity index (χ1v) is 7.62. The summed E-state index contributed by atoms with van der Waals surface area (Å²) < 4.78 is 0. The monoisotopic (exact) mass is 259 g/mol. The average molecular weight is 259 g/mol. The van der Waals surface area contributed by atoms with Gasteiger partial charge >= 0.3 is 0 Å². The number of anilines is 1. The molecule has 1 aromatic rings. The molecule has 104 valence electrons. The van der Waals surface area contributed by atoms with E-state index in [4.69, 9.17) is 0 Å². The molecule has 0 aromatic heterocycles. The third kappa shape index (κ3) is 3.59. The van der Waals surface area contributed by atoms with Crippen LogP contribution in [0, 0.1) is 5.92 Å². The second-order valence-electron chi connectivity index (χ2n) is 5.54. The van der Waals surface area contributed by atoms with Gasteiger partial charge in [-0.15, -0.1) is 0 Å². The van der Waals surface area contributed by atoms with Gasteiger partial charge in [-0.2, -0.15) is 0 Å². The second kappa shape index (κ2) is 6.74. The Balaban J connectivity index is 1.94. The predicted molar refractivity (Wildman–Crippen MR) is 80.9 cm³/mol. The molecule has 2 heteroatoms. The third-order valence-electron chi connectivity index (χ3n) is 4.19. The van der Waals surface area contributed by atoms with Crippen LogP contribution in [0.15, 0.2) is 24.3 Å². The molecule has 1 heterocycles. The lowest BCUT2D eigenvalue weighted by atomic mass is 9.92. The number of rotatable bonds is 5. The van der Waals surface area contributed by atoms with Gasteiger partial charge in [-0.3, -0.25) is 4.79 Å². The zero-order valence-corrected chi connectivity index (χ0v) is 12.2. The number of ketones is 1. The van der Waals surface area contributed by atoms with Crippen molar-refractivity contribution in [3.8, 4) is 0 Å². The molecule has 0 atom stereocenters. The van der Waals surface area contributed by atoms with Gasteiger partial charge in [-0.05, 0) is 43.0 Å². The molecule has 0 aliphatic carbocycles. The van der Waals surface area contributed by atoms with Gasteiger partial charge in [0, 0.05) is 30.8 Å². The van der Waals surface area contributed by atoms with E-state index >= 15 is 0 Å². The number of piperidine rings is 1. The Morgan fingerprint density at radius 3 is 2.32 bits per heavy atom. The van der Waals surface area contributed by atoms with Gasteiger partial charge in [0.05, 0.1) is 0 Å². The zero-order chi connectivity index (χ0) is 13.7. The lowest BCUT2D eigenvalue weighted by Crippen LogP contribution is -2.33. The SMILES string of the molecule is CCCC1CCN(c2ccc(C(=O)CC)cc2)CC1. The molecule has 0 spiro atoms. The molecule has 2 rings (SSSR count). The normalized spacial score (nSPS) is 16.6. The van der Waals surface area contributed by atoms with Crippen molar-refractivity contribution in [2.24, 2.45) is 5.92 Å². The smallest absolute Gasteiger partial charge is 0.162 e. The Morgan fingerprint density at radius 1 is 1.16 bits per heavy atom. The molecule has 19 heavy (non-hydrogen) atoms. The zero-order valence-electron chi connectivity index (χ0n) is 12.2. The van der Waals surface area contributed by atoms with Crippen LogP contribution in [0.4, 0.5) is 5.69 Å². The van der Waals surface area contributed by atoms with Crippen molar-refractivity contribution in [2.75, 3.05) is 18.0 Å². The summed E-state index contributed by atoms with van der Waals surface area (Å²) in [5.41, 5.74) is 2.11. The minimum absolute atomic E-state index is 0.230. The van der Waals surface area contributed by atoms with Crippen molar-refractivity contribution in [1.82, 2.24) is 0 Å². The summed E-state index contributed by atoms with van der Waals surface area (Å²) in [7, 11) is 0. The standard InChI is InChI=1S/C17H25NO/c1-3-5-14-10-12-18(13-11-14)16-8-6-15(7-9-16)17(19)4-2/h6-9,14H,3-5,10-13H2,1-2H3. The highest BCUT2D eigenvalue weighted by Gasteiger charge is 2.18. The highest BCUT2D eigenvalue weighted by molar-refractivity contribution is 5.96. The molecule has 0 bridgehead atoms. The molecular formula is C17H25NO. The summed E-state index contributed by atoms with van der Waals surface area (Å²) in [4.78, 5) is 14.1. The molecule has 0 N–H and O–H groups in total. The quantitative estimate of drug-likeness (QED) is 0.735. The summed E-state index contributed by atoms with van der Waals surface area (Å²) in [5.74, 6) is 1.15. The second-order valence-corrected chi connectivity index (χ2v) is 5.54. The first-order valence-electron chi connectivity index (χ1n) is 7.62. The van der Waals surface area contributed by atoms with Gasteiger partial charge in [0.1, 0.15) is 0 Å². The predicted octanol–water partition coefficient (Wildman–Crippen LogP) is 4.30. The average Bonchev–Trinajstić information content (AvgIpc) is 2.48. The number of carbonyl (C=O) groups is 1. The van der Waals surface area contributed by atoms with Crippen molar-refractivity contribution in [3.05, 3.63) is 29.8 Å². The first-order chi connectivity index (χ1) is 9.24. The van der Waals surface area contributed by atoms with Crippen molar-refractivity contribution in [3.63, 3.8) is 0 Å². The van der Waals surface area contributed by atoms with Crippen molar-refractivity contribution in [1.29, 1.82) is 0 Å². The Hall–Kier alpha value is -1.31. The summed E-state index contributed by atoms with van der Waals surface area (Å²) >= 11 is 0. The Morgan fingerprint density at radius 2 is 1.79 bits per heavy atom. The maximum Gasteiger partial charge on any atom is 0.162 e. The number of hydrogen-bond acceptors (Lipinski definition) is 2. The van der Waals surface area contributed by atoms with E-state index in [0.717, 1.165) is 24.6 Å². The number of Topliss-reactive ketones (excluding diaryl/α,β-unsaturated/α-hetero) is 1. The fraction of sp³-hybridized carbons (Fsp3) is 0.588. The fourth-order valence-corrected chi connectivity index (χ4v) is 2.95. The lowest BCUT2D eigenvalue weighted by Gasteiger charge is -2.33. The Bertz CT molecular complexity index is 402. The van der Waals surface area contributed by atoms with Crippen LogP contribution in [0.2, 0.25) is 0 Å². The molecular weight excluding hydrogens is 234 g/mol. The largest absolute Gasteiger partial charge is 0.372 e. The fourth-order valence-electron chi connectivity index (χ4n) is 2.95. The van der Waals surface area contributed by atoms with Crippen LogP contribution in [0.5, 0.6) is 0 Å². The van der Waals surface area contributed by atoms with Crippen LogP contribution < -0.4 is 4.90 Å². The minimum Gasteiger partial charge on any atom is -0.372 e. The van der Waals surface area contributed by atoms with Gasteiger partial charge < -0.3 is 4.90 Å². The number of nitrogens with zero attached hydrogens (tertiary/aromatic N) is 1. The van der Waals surface area contributed by atoms with E-state index in [1.165, 1.54) is 31.4 Å². The van der Waals surface area contributed by atoms with E-state index in [1.807, 2.05) is 19.1 Å². The van der Waals surface area contributed by atoms with E-state index < -0.39 is 0 Å². The number of carbonyl (C=O) groups excluding carboxylic acids is 1. The van der Waals surface area contributed by atoms with Crippen LogP contribution in [-0.4, -0.2) is 18.9 Å². The molecule has 1 aliphatic heterocycles. The van der Waals surface area contributed by atoms with E-state index in [1.54, 1.807) is 0 Å². The Kier molecular flexibility index (Phi) is 5.00. The van der Waals surface area contributed by atoms with Gasteiger partial charge in [-0.25, -0.2) is 0 Å². The van der Waals surface area contributed by atoms with E-state index in [9.17, 15) is 4.79 Å². The van der Waals surface area contributed by atoms with Crippen LogP contribution in [-0.2, 0) is 0 Å². The van der Waals surface area contributed by atoms with Gasteiger partial charge in [0.15, 0.2) is 5.78 Å². The number of benzene rings is 1. The van der Waals surface area contributed by atoms with Crippen molar-refractivity contribution >= 4 is 11.5 Å². The molecule has 1 aliphatic rings. The van der Waals surface area contributed by atoms with Crippen LogP contribution in [0.3, 0.4) is 0 Å². The summed E-state index contributed by atoms with van der Waals surface area (Å²) in [6.07, 6.45) is 5.88. The molecule has 1 saturated heterocycles. The van der Waals surface area contributed by atoms with Crippen LogP contribution >= 0.6 is 0 Å². The van der Waals surface area contributed by atoms with Gasteiger partial charge in [0.2, 0.25) is 0 Å². The number of hydrogen-bond donors (Lipinski definition) is 0. The molecule has 0 radical (unpaired) electrons. The van der Waals surface area contributed by atoms with E-state index in [0.29, 0.717) is 6.42 Å². The maximum atomic E-state index is 11.6. The molecule has 0 saturated carbocycles. The van der Waals surface area contributed by atoms with E-state index in [2.05, 4.69) is 24.0 Å². The minimum atomic E-state index is 0.230. The van der Waals surface area contributed by atoms with Gasteiger partial charge in [-0.1, -0.05) is 26.7 Å². The highest BCUT2D eigenvalue weighted by atomic mass is 16.1. The van der Waals surface area contributed by atoms with Crippen LogP contribution in [0.1, 0.15) is 56.3 Å². The maximum absolute atomic E-state index is 11.6. The Labute approximate surface area is 116 Å². The molecule has 0 amide bonds. The van der Waals surface area contributed by atoms with Crippen molar-refractivity contribution < 1.29 is 4.79 Å². The topological polar surface area (TPSA) is 20.3 Å². The molecule has 1 aromatic carbocycles. The molecule has 1 fully saturated rings. The summed E-state index contributed by atoms with van der Waals surface area (Å²) in [6, 6.07) is 8.14. The third-order valence-corrected chi connectivity index (χ3v) is 4.19. The highest BCUT2D eigenvalue weighted by Crippen LogP contribution is 2.26. The summed E-state index contributed by atoms with van der Waals surface area (Å²) in [5, 5.41) is 0. The first kappa shape index (κ1) is 14.1. The van der Waals surface area contributed by atoms with E-state index in [-0.39, 0.29) is 5.78 Å². The summed E-state index contributed by atoms with van der Waals surface area (Å²) in [6.45, 7) is 6.50. The lowest BCUT2D eigenvalue weighted by molar-refractivity contribution is 0.0988.